The van der Waals surface area contributed by atoms with Crippen LogP contribution in [0.25, 0.3) is 0 Å². The first kappa shape index (κ1) is 68.1. The Morgan fingerprint density at radius 1 is 0.235 bits per heavy atom. The van der Waals surface area contributed by atoms with Gasteiger partial charge in [0.1, 0.15) is 23.0 Å². The van der Waals surface area contributed by atoms with Gasteiger partial charge in [0.05, 0.1) is 11.4 Å². The molecule has 0 amide bonds. The topological polar surface area (TPSA) is 31.4 Å². The summed E-state index contributed by atoms with van der Waals surface area (Å²) in [5.74, 6) is 3.38. The molecule has 0 aliphatic carbocycles. The number of hydrogen-bond donors (Lipinski definition) is 0. The third kappa shape index (κ3) is 12.1. The monoisotopic (exact) mass is 1340 g/mol. The lowest BCUT2D eigenvalue weighted by molar-refractivity contribution is 0.483. The van der Waals surface area contributed by atoms with Crippen molar-refractivity contribution in [1.82, 2.24) is 0 Å². The van der Waals surface area contributed by atoms with Crippen LogP contribution < -0.4 is 61.9 Å². The zero-order chi connectivity index (χ0) is 72.3. The van der Waals surface area contributed by atoms with Crippen molar-refractivity contribution in [3.63, 3.8) is 0 Å². The van der Waals surface area contributed by atoms with E-state index in [1.54, 1.807) is 0 Å². The highest BCUT2D eigenvalue weighted by Gasteiger charge is 2.48. The van der Waals surface area contributed by atoms with Gasteiger partial charge in [-0.3, -0.25) is 0 Å². The van der Waals surface area contributed by atoms with Crippen molar-refractivity contribution in [1.29, 1.82) is 0 Å². The normalized spacial score (nSPS) is 14.0. The lowest BCUT2D eigenvalue weighted by atomic mass is 9.31. The molecular weight excluding hydrogens is 1240 g/mol. The standard InChI is InChI=1S/C94H100B2N4O2/c1-88(2,3)59-30-25-37-67(46-59)97(68-38-26-31-60(47-68)89(4,5)6)72-53-80-87-85(56-72)101-82-52-65(94(19,20)21)43-45-75(82)96(87)76-57-77-83(58-79(76)99(80)66-35-23-22-24-36-66)102-84-55-73(98(69-39-27-32-61(48-69)90(7,8)9)70-40-28-33-62(49-70)91(10,11)12)54-81-86(84)95(77)74-44-42-64(93(16,17)18)51-78(74)100(81)71-41-29-34-63(50-71)92(13,14)15/h22-58H,1-21H3. The van der Waals surface area contributed by atoms with Crippen LogP contribution in [0.15, 0.2) is 224 Å². The molecule has 0 atom stereocenters. The molecule has 0 radical (unpaired) electrons. The molecule has 102 heavy (non-hydrogen) atoms. The SMILES string of the molecule is CC(C)(C)c1cccc(N(c2cccc(C(C)(C)C)c2)c2cc3c4c(c2)N(c2cccc(C(C)(C)C)c2)c2cc(C(C)(C)C)ccc2B4c2cc4c(cc2O3)N(c2ccccc2)c2cc(N(c3cccc(C(C)(C)C)c3)c3cccc(C(C)(C)C)c3)cc3c2B4c2ccc(C(C)(C)C)cc2O3)c1. The first-order valence-corrected chi connectivity index (χ1v) is 36.9. The largest absolute Gasteiger partial charge is 0.458 e. The van der Waals surface area contributed by atoms with E-state index >= 15 is 0 Å². The van der Waals surface area contributed by atoms with Gasteiger partial charge < -0.3 is 29.1 Å². The van der Waals surface area contributed by atoms with Gasteiger partial charge in [-0.25, -0.2) is 0 Å². The number of anilines is 12. The van der Waals surface area contributed by atoms with Crippen molar-refractivity contribution in [3.05, 3.63) is 263 Å². The van der Waals surface area contributed by atoms with Crippen molar-refractivity contribution < 1.29 is 9.47 Å². The van der Waals surface area contributed by atoms with Gasteiger partial charge in [-0.15, -0.1) is 0 Å². The summed E-state index contributed by atoms with van der Waals surface area (Å²) < 4.78 is 15.6. The molecule has 0 saturated heterocycles. The molecule has 0 aromatic heterocycles. The van der Waals surface area contributed by atoms with Crippen LogP contribution in [0.5, 0.6) is 23.0 Å². The third-order valence-corrected chi connectivity index (χ3v) is 21.8. The van der Waals surface area contributed by atoms with Crippen molar-refractivity contribution in [3.8, 4) is 23.0 Å². The Labute approximate surface area is 609 Å². The molecule has 4 heterocycles. The molecule has 6 nitrogen and oxygen atoms in total. The predicted molar refractivity (Wildman–Crippen MR) is 438 cm³/mol. The molecule has 15 rings (SSSR count). The molecule has 0 saturated carbocycles. The van der Waals surface area contributed by atoms with Crippen LogP contribution in [-0.2, 0) is 37.9 Å². The van der Waals surface area contributed by atoms with Crippen LogP contribution in [0, 0.1) is 0 Å². The Morgan fingerprint density at radius 3 is 1.01 bits per heavy atom. The number of nitrogens with zero attached hydrogens (tertiary/aromatic N) is 4. The Hall–Kier alpha value is -9.65. The predicted octanol–water partition coefficient (Wildman–Crippen LogP) is 22.5. The van der Waals surface area contributed by atoms with Gasteiger partial charge in [0, 0.05) is 75.1 Å². The molecule has 4 aliphatic rings. The van der Waals surface area contributed by atoms with E-state index < -0.39 is 0 Å². The first-order valence-electron chi connectivity index (χ1n) is 36.9. The summed E-state index contributed by atoms with van der Waals surface area (Å²) in [7, 11) is 0. The van der Waals surface area contributed by atoms with Gasteiger partial charge in [-0.1, -0.05) is 255 Å². The van der Waals surface area contributed by atoms with Crippen molar-refractivity contribution >= 4 is 114 Å². The molecule has 514 valence electrons. The minimum Gasteiger partial charge on any atom is -0.458 e. The number of rotatable bonds is 8. The lowest BCUT2D eigenvalue weighted by Gasteiger charge is -2.44. The molecular formula is C94H100B2N4O2. The minimum atomic E-state index is -0.233. The second-order valence-electron chi connectivity index (χ2n) is 36.5. The van der Waals surface area contributed by atoms with Crippen LogP contribution in [-0.4, -0.2) is 13.4 Å². The Bertz CT molecular complexity index is 5040. The average molecular weight is 1340 g/mol. The fourth-order valence-corrected chi connectivity index (χ4v) is 15.7. The zero-order valence-corrected chi connectivity index (χ0v) is 64.1. The molecule has 0 unspecified atom stereocenters. The quantitative estimate of drug-likeness (QED) is 0.141. The van der Waals surface area contributed by atoms with Crippen LogP contribution in [0.3, 0.4) is 0 Å². The van der Waals surface area contributed by atoms with Crippen molar-refractivity contribution in [2.75, 3.05) is 19.6 Å². The van der Waals surface area contributed by atoms with Gasteiger partial charge in [0.2, 0.25) is 0 Å². The average Bonchev–Trinajstić information content (AvgIpc) is 0.693. The van der Waals surface area contributed by atoms with Gasteiger partial charge in [0.25, 0.3) is 13.4 Å². The van der Waals surface area contributed by atoms with E-state index in [0.717, 1.165) is 107 Å². The maximum absolute atomic E-state index is 8.01. The maximum Gasteiger partial charge on any atom is 0.256 e. The minimum absolute atomic E-state index is 0.0950. The molecule has 0 bridgehead atoms. The fourth-order valence-electron chi connectivity index (χ4n) is 15.7. The van der Waals surface area contributed by atoms with E-state index in [2.05, 4.69) is 389 Å². The van der Waals surface area contributed by atoms with Gasteiger partial charge in [-0.2, -0.15) is 0 Å². The van der Waals surface area contributed by atoms with Crippen molar-refractivity contribution in [2.24, 2.45) is 0 Å². The van der Waals surface area contributed by atoms with E-state index in [-0.39, 0.29) is 51.3 Å². The molecule has 8 heteroatoms. The lowest BCUT2D eigenvalue weighted by Crippen LogP contribution is -2.63. The van der Waals surface area contributed by atoms with Gasteiger partial charge in [-0.05, 0) is 207 Å². The van der Waals surface area contributed by atoms with E-state index in [1.807, 2.05) is 0 Å². The van der Waals surface area contributed by atoms with Crippen LogP contribution in [0.2, 0.25) is 0 Å². The van der Waals surface area contributed by atoms with E-state index in [0.29, 0.717) is 0 Å². The Kier molecular flexibility index (Phi) is 16.0. The molecule has 11 aromatic rings. The molecule has 0 fully saturated rings. The number of ether oxygens (including phenoxy) is 2. The van der Waals surface area contributed by atoms with E-state index in [4.69, 9.17) is 9.47 Å². The van der Waals surface area contributed by atoms with Crippen LogP contribution in [0.1, 0.15) is 184 Å². The highest BCUT2D eigenvalue weighted by atomic mass is 16.5. The number of para-hydroxylation sites is 1. The van der Waals surface area contributed by atoms with Crippen molar-refractivity contribution in [2.45, 2.75) is 183 Å². The Morgan fingerprint density at radius 2 is 0.578 bits per heavy atom. The maximum atomic E-state index is 8.01. The summed E-state index contributed by atoms with van der Waals surface area (Å²) in [6, 6.07) is 85.8. The zero-order valence-electron chi connectivity index (χ0n) is 64.1. The summed E-state index contributed by atoms with van der Waals surface area (Å²) >= 11 is 0. The number of hydrogen-bond acceptors (Lipinski definition) is 6. The summed E-state index contributed by atoms with van der Waals surface area (Å²) in [5.41, 5.74) is 27.8. The smallest absolute Gasteiger partial charge is 0.256 e. The van der Waals surface area contributed by atoms with E-state index in [9.17, 15) is 0 Å². The Balaban J connectivity index is 1.04. The van der Waals surface area contributed by atoms with Gasteiger partial charge in [0.15, 0.2) is 0 Å². The molecule has 4 aliphatic heterocycles. The number of fused-ring (bicyclic) bond motifs is 8. The highest BCUT2D eigenvalue weighted by molar-refractivity contribution is 7.02. The molecule has 11 aromatic carbocycles. The summed E-state index contributed by atoms with van der Waals surface area (Å²) in [4.78, 5) is 10.0. The van der Waals surface area contributed by atoms with E-state index in [1.165, 1.54) is 55.6 Å². The van der Waals surface area contributed by atoms with Crippen LogP contribution in [0.4, 0.5) is 68.2 Å². The summed E-state index contributed by atoms with van der Waals surface area (Å²) in [6.45, 7) is 48.1. The second-order valence-corrected chi connectivity index (χ2v) is 36.5. The van der Waals surface area contributed by atoms with Gasteiger partial charge >= 0.3 is 0 Å². The summed E-state index contributed by atoms with van der Waals surface area (Å²) in [6.07, 6.45) is 0. The molecule has 0 spiro atoms. The third-order valence-electron chi connectivity index (χ3n) is 21.8. The molecule has 0 N–H and O–H groups in total. The summed E-state index contributed by atoms with van der Waals surface area (Å²) in [5, 5.41) is 0. The fraction of sp³-hybridized carbons (Fsp3) is 0.298. The number of benzene rings is 11. The van der Waals surface area contributed by atoms with Crippen LogP contribution >= 0.6 is 0 Å². The second kappa shape index (κ2) is 24.0. The highest BCUT2D eigenvalue weighted by Crippen LogP contribution is 2.52. The first-order chi connectivity index (χ1) is 48.0.